The summed E-state index contributed by atoms with van der Waals surface area (Å²) in [5, 5.41) is 8.68. The SMILES string of the molecule is CC1CCCCC1NCCn1ncc(=O)c2ccccc21. The molecule has 1 N–H and O–H groups in total. The van der Waals surface area contributed by atoms with Gasteiger partial charge in [0.1, 0.15) is 0 Å². The van der Waals surface area contributed by atoms with Gasteiger partial charge in [0.15, 0.2) is 0 Å². The third kappa shape index (κ3) is 3.16. The Morgan fingerprint density at radius 3 is 2.95 bits per heavy atom. The zero-order chi connectivity index (χ0) is 14.7. The molecule has 1 heterocycles. The Bertz CT molecular complexity index is 664. The summed E-state index contributed by atoms with van der Waals surface area (Å²) in [5.41, 5.74) is 0.916. The van der Waals surface area contributed by atoms with Gasteiger partial charge in [0.2, 0.25) is 5.43 Å². The molecule has 0 saturated heterocycles. The second kappa shape index (κ2) is 6.39. The molecule has 3 rings (SSSR count). The van der Waals surface area contributed by atoms with Crippen molar-refractivity contribution in [3.63, 3.8) is 0 Å². The van der Waals surface area contributed by atoms with Crippen LogP contribution >= 0.6 is 0 Å². The highest BCUT2D eigenvalue weighted by molar-refractivity contribution is 5.77. The van der Waals surface area contributed by atoms with Crippen molar-refractivity contribution >= 4 is 10.9 Å². The Balaban J connectivity index is 1.68. The van der Waals surface area contributed by atoms with Gasteiger partial charge in [0.05, 0.1) is 18.3 Å². The van der Waals surface area contributed by atoms with E-state index in [1.165, 1.54) is 31.9 Å². The van der Waals surface area contributed by atoms with Crippen LogP contribution in [0.2, 0.25) is 0 Å². The van der Waals surface area contributed by atoms with Gasteiger partial charge in [-0.15, -0.1) is 0 Å². The molecule has 0 spiro atoms. The van der Waals surface area contributed by atoms with E-state index < -0.39 is 0 Å². The normalized spacial score (nSPS) is 22.5. The first-order chi connectivity index (χ1) is 10.3. The van der Waals surface area contributed by atoms with Gasteiger partial charge in [-0.3, -0.25) is 9.48 Å². The Morgan fingerprint density at radius 1 is 1.29 bits per heavy atom. The van der Waals surface area contributed by atoms with Crippen LogP contribution in [0.1, 0.15) is 32.6 Å². The van der Waals surface area contributed by atoms with Gasteiger partial charge in [-0.2, -0.15) is 5.10 Å². The maximum absolute atomic E-state index is 11.8. The van der Waals surface area contributed by atoms with E-state index in [-0.39, 0.29) is 5.43 Å². The zero-order valence-corrected chi connectivity index (χ0v) is 12.6. The predicted molar refractivity (Wildman–Crippen MR) is 85.4 cm³/mol. The minimum Gasteiger partial charge on any atom is -0.312 e. The Hall–Kier alpha value is -1.68. The number of nitrogens with one attached hydrogen (secondary N) is 1. The van der Waals surface area contributed by atoms with E-state index in [0.717, 1.165) is 29.9 Å². The third-order valence-electron chi connectivity index (χ3n) is 4.60. The molecule has 112 valence electrons. The minimum absolute atomic E-state index is 0.00397. The number of hydrogen-bond donors (Lipinski definition) is 1. The van der Waals surface area contributed by atoms with Crippen LogP contribution in [0.15, 0.2) is 35.3 Å². The average molecular weight is 285 g/mol. The van der Waals surface area contributed by atoms with E-state index in [1.54, 1.807) is 0 Å². The summed E-state index contributed by atoms with van der Waals surface area (Å²) in [7, 11) is 0. The molecule has 0 radical (unpaired) electrons. The summed E-state index contributed by atoms with van der Waals surface area (Å²) < 4.78 is 1.93. The molecule has 0 bridgehead atoms. The number of nitrogens with zero attached hydrogens (tertiary/aromatic N) is 2. The molecule has 1 saturated carbocycles. The van der Waals surface area contributed by atoms with Crippen LogP contribution in [0.4, 0.5) is 0 Å². The highest BCUT2D eigenvalue weighted by Gasteiger charge is 2.20. The monoisotopic (exact) mass is 285 g/mol. The largest absolute Gasteiger partial charge is 0.312 e. The van der Waals surface area contributed by atoms with Crippen LogP contribution in [0.5, 0.6) is 0 Å². The molecule has 1 aliphatic rings. The van der Waals surface area contributed by atoms with Crippen LogP contribution in [0.3, 0.4) is 0 Å². The molecular formula is C17H23N3O. The Labute approximate surface area is 125 Å². The van der Waals surface area contributed by atoms with Gasteiger partial charge in [-0.25, -0.2) is 0 Å². The lowest BCUT2D eigenvalue weighted by Crippen LogP contribution is -2.39. The standard InChI is InChI=1S/C17H23N3O/c1-13-6-2-4-8-15(13)18-10-11-20-16-9-5-3-7-14(16)17(21)12-19-20/h3,5,7,9,12-13,15,18H,2,4,6,8,10-11H2,1H3. The van der Waals surface area contributed by atoms with Gasteiger partial charge in [-0.05, 0) is 30.9 Å². The van der Waals surface area contributed by atoms with Crippen LogP contribution < -0.4 is 10.7 Å². The molecule has 1 aromatic carbocycles. The number of rotatable bonds is 4. The molecule has 4 heteroatoms. The van der Waals surface area contributed by atoms with Gasteiger partial charge in [-0.1, -0.05) is 31.9 Å². The van der Waals surface area contributed by atoms with Crippen LogP contribution in [0.25, 0.3) is 10.9 Å². The second-order valence-corrected chi connectivity index (χ2v) is 6.07. The zero-order valence-electron chi connectivity index (χ0n) is 12.6. The molecule has 4 nitrogen and oxygen atoms in total. The number of fused-ring (bicyclic) bond motifs is 1. The van der Waals surface area contributed by atoms with Crippen LogP contribution in [-0.4, -0.2) is 22.4 Å². The molecule has 1 fully saturated rings. The van der Waals surface area contributed by atoms with Crippen LogP contribution in [0, 0.1) is 5.92 Å². The van der Waals surface area contributed by atoms with Crippen molar-refractivity contribution in [2.45, 2.75) is 45.2 Å². The lowest BCUT2D eigenvalue weighted by molar-refractivity contribution is 0.277. The van der Waals surface area contributed by atoms with Crippen LogP contribution in [-0.2, 0) is 6.54 Å². The smallest absolute Gasteiger partial charge is 0.207 e. The first-order valence-electron chi connectivity index (χ1n) is 7.94. The maximum atomic E-state index is 11.8. The van der Waals surface area contributed by atoms with Gasteiger partial charge < -0.3 is 5.32 Å². The molecule has 21 heavy (non-hydrogen) atoms. The summed E-state index contributed by atoms with van der Waals surface area (Å²) in [6.07, 6.45) is 6.73. The quantitative estimate of drug-likeness (QED) is 0.939. The summed E-state index contributed by atoms with van der Waals surface area (Å²) >= 11 is 0. The molecular weight excluding hydrogens is 262 g/mol. The lowest BCUT2D eigenvalue weighted by atomic mass is 9.86. The highest BCUT2D eigenvalue weighted by Crippen LogP contribution is 2.23. The molecule has 2 aromatic rings. The molecule has 0 aliphatic heterocycles. The van der Waals surface area contributed by atoms with Gasteiger partial charge in [0.25, 0.3) is 0 Å². The fraction of sp³-hybridized carbons (Fsp3) is 0.529. The highest BCUT2D eigenvalue weighted by atomic mass is 16.1. The van der Waals surface area contributed by atoms with Crippen molar-refractivity contribution in [2.24, 2.45) is 5.92 Å². The summed E-state index contributed by atoms with van der Waals surface area (Å²) in [6, 6.07) is 8.32. The van der Waals surface area contributed by atoms with E-state index in [0.29, 0.717) is 6.04 Å². The molecule has 1 aromatic heterocycles. The third-order valence-corrected chi connectivity index (χ3v) is 4.60. The topological polar surface area (TPSA) is 46.9 Å². The summed E-state index contributed by atoms with van der Waals surface area (Å²) in [5.74, 6) is 0.762. The molecule has 2 atom stereocenters. The second-order valence-electron chi connectivity index (χ2n) is 6.07. The van der Waals surface area contributed by atoms with Crippen molar-refractivity contribution in [3.05, 3.63) is 40.7 Å². The van der Waals surface area contributed by atoms with Crippen molar-refractivity contribution in [1.29, 1.82) is 0 Å². The first kappa shape index (κ1) is 14.3. The van der Waals surface area contributed by atoms with Crippen molar-refractivity contribution < 1.29 is 0 Å². The van der Waals surface area contributed by atoms with E-state index >= 15 is 0 Å². The molecule has 0 amide bonds. The Kier molecular flexibility index (Phi) is 4.34. The van der Waals surface area contributed by atoms with Crippen molar-refractivity contribution in [2.75, 3.05) is 6.54 Å². The molecule has 1 aliphatic carbocycles. The van der Waals surface area contributed by atoms with Crippen molar-refractivity contribution in [3.8, 4) is 0 Å². The van der Waals surface area contributed by atoms with Gasteiger partial charge >= 0.3 is 0 Å². The number of hydrogen-bond acceptors (Lipinski definition) is 3. The predicted octanol–water partition coefficient (Wildman–Crippen LogP) is 2.56. The number of para-hydroxylation sites is 1. The van der Waals surface area contributed by atoms with E-state index in [2.05, 4.69) is 17.3 Å². The fourth-order valence-electron chi connectivity index (χ4n) is 3.31. The number of aromatic nitrogens is 2. The Morgan fingerprint density at radius 2 is 2.10 bits per heavy atom. The summed E-state index contributed by atoms with van der Waals surface area (Å²) in [6.45, 7) is 4.03. The van der Waals surface area contributed by atoms with E-state index in [4.69, 9.17) is 0 Å². The summed E-state index contributed by atoms with van der Waals surface area (Å²) in [4.78, 5) is 11.8. The first-order valence-corrected chi connectivity index (χ1v) is 7.94. The lowest BCUT2D eigenvalue weighted by Gasteiger charge is -2.29. The maximum Gasteiger partial charge on any atom is 0.207 e. The number of benzene rings is 1. The minimum atomic E-state index is -0.00397. The fourth-order valence-corrected chi connectivity index (χ4v) is 3.31. The van der Waals surface area contributed by atoms with Crippen molar-refractivity contribution in [1.82, 2.24) is 15.1 Å². The van der Waals surface area contributed by atoms with Gasteiger partial charge in [0, 0.05) is 18.0 Å². The van der Waals surface area contributed by atoms with E-state index in [9.17, 15) is 4.79 Å². The average Bonchev–Trinajstić information content (AvgIpc) is 2.52. The van der Waals surface area contributed by atoms with E-state index in [1.807, 2.05) is 28.9 Å². The molecule has 2 unspecified atom stereocenters.